The summed E-state index contributed by atoms with van der Waals surface area (Å²) < 4.78 is 0. The summed E-state index contributed by atoms with van der Waals surface area (Å²) in [5.41, 5.74) is 10.4. The average Bonchev–Trinajstić information content (AvgIpc) is 3.67. The molecule has 6 aromatic rings. The zero-order chi connectivity index (χ0) is 30.0. The lowest BCUT2D eigenvalue weighted by atomic mass is 9.89. The lowest BCUT2D eigenvalue weighted by Crippen LogP contribution is -2.44. The van der Waals surface area contributed by atoms with Crippen LogP contribution in [-0.2, 0) is 0 Å². The van der Waals surface area contributed by atoms with Crippen LogP contribution >= 0.6 is 0 Å². The highest BCUT2D eigenvalue weighted by Gasteiger charge is 2.25. The minimum atomic E-state index is -0.205. The van der Waals surface area contributed by atoms with Gasteiger partial charge in [0.15, 0.2) is 0 Å². The maximum Gasteiger partial charge on any atom is 0.131 e. The number of hydrogen-bond donors (Lipinski definition) is 2. The molecular formula is C40H31N5. The Morgan fingerprint density at radius 3 is 2.00 bits per heavy atom. The molecule has 216 valence electrons. The number of rotatable bonds is 6. The Kier molecular flexibility index (Phi) is 7.06. The molecule has 0 fully saturated rings. The van der Waals surface area contributed by atoms with Gasteiger partial charge in [0.1, 0.15) is 18.2 Å². The lowest BCUT2D eigenvalue weighted by molar-refractivity contribution is 0.409. The van der Waals surface area contributed by atoms with Gasteiger partial charge in [0.2, 0.25) is 0 Å². The van der Waals surface area contributed by atoms with E-state index in [1.54, 1.807) is 0 Å². The van der Waals surface area contributed by atoms with Crippen LogP contribution in [0.5, 0.6) is 0 Å². The van der Waals surface area contributed by atoms with Gasteiger partial charge >= 0.3 is 0 Å². The molecule has 0 aliphatic carbocycles. The van der Waals surface area contributed by atoms with Gasteiger partial charge in [-0.3, -0.25) is 5.32 Å². The van der Waals surface area contributed by atoms with E-state index in [-0.39, 0.29) is 12.3 Å². The van der Waals surface area contributed by atoms with E-state index in [9.17, 15) is 0 Å². The molecule has 0 spiro atoms. The second kappa shape index (κ2) is 11.8. The summed E-state index contributed by atoms with van der Waals surface area (Å²) in [4.78, 5) is 5.13. The largest absolute Gasteiger partial charge is 0.350 e. The van der Waals surface area contributed by atoms with Crippen LogP contribution in [0.15, 0.2) is 167 Å². The molecule has 5 heteroatoms. The molecule has 0 saturated carbocycles. The first-order valence-electron chi connectivity index (χ1n) is 15.3. The fourth-order valence-corrected chi connectivity index (χ4v) is 6.24. The summed E-state index contributed by atoms with van der Waals surface area (Å²) in [6.45, 7) is 0.641. The molecule has 0 bridgehead atoms. The summed E-state index contributed by atoms with van der Waals surface area (Å²) in [7, 11) is 0. The summed E-state index contributed by atoms with van der Waals surface area (Å²) in [5, 5.41) is 17.9. The summed E-state index contributed by atoms with van der Waals surface area (Å²) in [5.74, 6) is 0.882. The summed E-state index contributed by atoms with van der Waals surface area (Å²) >= 11 is 0. The minimum absolute atomic E-state index is 0.0708. The van der Waals surface area contributed by atoms with Crippen LogP contribution in [0, 0.1) is 0 Å². The summed E-state index contributed by atoms with van der Waals surface area (Å²) in [6.07, 6.45) is 1.58. The molecule has 2 unspecified atom stereocenters. The van der Waals surface area contributed by atoms with E-state index in [4.69, 9.17) is 4.99 Å². The number of nitrogens with zero attached hydrogens (tertiary/aromatic N) is 3. The molecule has 2 heterocycles. The molecule has 6 aromatic carbocycles. The van der Waals surface area contributed by atoms with Crippen LogP contribution in [0.2, 0.25) is 0 Å². The SMILES string of the molecule is C1=C(c2ccc(-c3ccc4ccccc4c3-c3ccc(C4N=C(c5ccccc5)NC(c5ccccc5)N4)cc3)cc2)CN=N1. The number of nitrogens with one attached hydrogen (secondary N) is 2. The fourth-order valence-electron chi connectivity index (χ4n) is 6.24. The number of benzene rings is 6. The van der Waals surface area contributed by atoms with E-state index < -0.39 is 0 Å². The number of azo groups is 1. The highest BCUT2D eigenvalue weighted by molar-refractivity contribution is 6.04. The fraction of sp³-hybridized carbons (Fsp3) is 0.0750. The van der Waals surface area contributed by atoms with Crippen LogP contribution < -0.4 is 10.6 Å². The number of fused-ring (bicyclic) bond motifs is 1. The Bertz CT molecular complexity index is 2060. The summed E-state index contributed by atoms with van der Waals surface area (Å²) in [6, 6.07) is 51.6. The van der Waals surface area contributed by atoms with Gasteiger partial charge in [-0.15, -0.1) is 0 Å². The second-order valence-electron chi connectivity index (χ2n) is 11.4. The van der Waals surface area contributed by atoms with Crippen molar-refractivity contribution >= 4 is 22.2 Å². The van der Waals surface area contributed by atoms with Crippen molar-refractivity contribution in [2.45, 2.75) is 12.3 Å². The molecule has 0 radical (unpaired) electrons. The highest BCUT2D eigenvalue weighted by Crippen LogP contribution is 2.39. The van der Waals surface area contributed by atoms with E-state index in [1.165, 1.54) is 38.6 Å². The molecule has 2 aliphatic heterocycles. The van der Waals surface area contributed by atoms with Crippen molar-refractivity contribution in [3.05, 3.63) is 174 Å². The van der Waals surface area contributed by atoms with Crippen molar-refractivity contribution in [2.75, 3.05) is 6.54 Å². The maximum absolute atomic E-state index is 5.13. The Morgan fingerprint density at radius 2 is 1.24 bits per heavy atom. The van der Waals surface area contributed by atoms with Crippen molar-refractivity contribution in [1.82, 2.24) is 10.6 Å². The Labute approximate surface area is 262 Å². The van der Waals surface area contributed by atoms with Crippen LogP contribution in [0.4, 0.5) is 0 Å². The van der Waals surface area contributed by atoms with Crippen molar-refractivity contribution < 1.29 is 0 Å². The van der Waals surface area contributed by atoms with Crippen LogP contribution in [0.3, 0.4) is 0 Å². The molecule has 2 aliphatic rings. The molecule has 45 heavy (non-hydrogen) atoms. The van der Waals surface area contributed by atoms with E-state index in [1.807, 2.05) is 18.3 Å². The maximum atomic E-state index is 5.13. The predicted molar refractivity (Wildman–Crippen MR) is 184 cm³/mol. The van der Waals surface area contributed by atoms with Crippen LogP contribution in [-0.4, -0.2) is 12.4 Å². The topological polar surface area (TPSA) is 61.1 Å². The van der Waals surface area contributed by atoms with Gasteiger partial charge in [0.25, 0.3) is 0 Å². The number of hydrogen-bond acceptors (Lipinski definition) is 5. The molecule has 2 atom stereocenters. The monoisotopic (exact) mass is 581 g/mol. The molecule has 0 saturated heterocycles. The van der Waals surface area contributed by atoms with Crippen molar-refractivity contribution in [2.24, 2.45) is 15.2 Å². The third-order valence-electron chi connectivity index (χ3n) is 8.59. The standard InChI is InChI=1S/C40H31N5/c1-3-10-31(11-4-1)38-43-39(32-12-5-2-6-13-32)45-40(44-38)33-21-19-30(20-22-33)37-35-14-8-7-9-28(35)23-24-36(37)29-17-15-27(16-18-29)34-25-41-42-26-34/h1-25,38,40,44H,26H2,(H,43,45). The van der Waals surface area contributed by atoms with Gasteiger partial charge in [0.05, 0.1) is 12.7 Å². The van der Waals surface area contributed by atoms with Crippen LogP contribution in [0.25, 0.3) is 38.6 Å². The van der Waals surface area contributed by atoms with E-state index in [0.717, 1.165) is 28.1 Å². The lowest BCUT2D eigenvalue weighted by Gasteiger charge is -2.32. The van der Waals surface area contributed by atoms with Gasteiger partial charge in [-0.2, -0.15) is 10.2 Å². The molecule has 2 N–H and O–H groups in total. The van der Waals surface area contributed by atoms with Crippen molar-refractivity contribution in [3.63, 3.8) is 0 Å². The second-order valence-corrected chi connectivity index (χ2v) is 11.4. The Hall–Kier alpha value is -5.65. The quantitative estimate of drug-likeness (QED) is 0.206. The van der Waals surface area contributed by atoms with E-state index in [2.05, 4.69) is 154 Å². The molecule has 0 amide bonds. The molecular weight excluding hydrogens is 550 g/mol. The third-order valence-corrected chi connectivity index (χ3v) is 8.59. The first-order valence-corrected chi connectivity index (χ1v) is 15.3. The minimum Gasteiger partial charge on any atom is -0.350 e. The number of amidine groups is 1. The van der Waals surface area contributed by atoms with Gasteiger partial charge in [-0.05, 0) is 49.7 Å². The van der Waals surface area contributed by atoms with Crippen LogP contribution in [0.1, 0.15) is 34.6 Å². The highest BCUT2D eigenvalue weighted by atomic mass is 15.3. The molecule has 5 nitrogen and oxygen atoms in total. The zero-order valence-electron chi connectivity index (χ0n) is 24.6. The Morgan fingerprint density at radius 1 is 0.556 bits per heavy atom. The third kappa shape index (κ3) is 5.35. The van der Waals surface area contributed by atoms with Gasteiger partial charge < -0.3 is 5.32 Å². The van der Waals surface area contributed by atoms with Gasteiger partial charge in [-0.1, -0.05) is 146 Å². The molecule has 8 rings (SSSR count). The van der Waals surface area contributed by atoms with Crippen molar-refractivity contribution in [3.8, 4) is 22.3 Å². The molecule has 0 aromatic heterocycles. The first-order chi connectivity index (χ1) is 22.3. The Balaban J connectivity index is 1.17. The normalized spacial score (nSPS) is 17.5. The van der Waals surface area contributed by atoms with E-state index >= 15 is 0 Å². The van der Waals surface area contributed by atoms with Gasteiger partial charge in [-0.25, -0.2) is 4.99 Å². The number of aliphatic imine (C=N–C) groups is 1. The predicted octanol–water partition coefficient (Wildman–Crippen LogP) is 9.32. The van der Waals surface area contributed by atoms with Crippen molar-refractivity contribution in [1.29, 1.82) is 0 Å². The van der Waals surface area contributed by atoms with E-state index in [0.29, 0.717) is 6.54 Å². The first kappa shape index (κ1) is 26.9. The zero-order valence-corrected chi connectivity index (χ0v) is 24.6. The van der Waals surface area contributed by atoms with Gasteiger partial charge in [0, 0.05) is 11.1 Å². The smallest absolute Gasteiger partial charge is 0.131 e. The average molecular weight is 582 g/mol.